The van der Waals surface area contributed by atoms with Crippen LogP contribution in [0.15, 0.2) is 24.4 Å². The first-order chi connectivity index (χ1) is 10.8. The predicted octanol–water partition coefficient (Wildman–Crippen LogP) is 1.33. The highest BCUT2D eigenvalue weighted by Crippen LogP contribution is 2.20. The fourth-order valence-corrected chi connectivity index (χ4v) is 3.18. The summed E-state index contributed by atoms with van der Waals surface area (Å²) in [5.41, 5.74) is 6.20. The lowest BCUT2D eigenvalue weighted by Crippen LogP contribution is -2.55. The number of carbonyl (C=O) groups excluding carboxylic acids is 1. The van der Waals surface area contributed by atoms with Crippen LogP contribution < -0.4 is 10.6 Å². The maximum Gasteiger partial charge on any atom is 0.239 e. The van der Waals surface area contributed by atoms with Crippen LogP contribution in [0.1, 0.15) is 12.8 Å². The largest absolute Gasteiger partial charge is 0.381 e. The zero-order valence-electron chi connectivity index (χ0n) is 13.7. The lowest BCUT2D eigenvalue weighted by atomic mass is 9.91. The molecule has 2 fully saturated rings. The van der Waals surface area contributed by atoms with E-state index in [-0.39, 0.29) is 42.7 Å². The summed E-state index contributed by atoms with van der Waals surface area (Å²) in [7, 11) is 0. The summed E-state index contributed by atoms with van der Waals surface area (Å²) >= 11 is 0. The van der Waals surface area contributed by atoms with E-state index in [1.165, 1.54) is 0 Å². The molecule has 1 atom stereocenters. The van der Waals surface area contributed by atoms with Crippen molar-refractivity contribution >= 4 is 36.5 Å². The second kappa shape index (κ2) is 10.0. The van der Waals surface area contributed by atoms with Crippen LogP contribution in [0.3, 0.4) is 0 Å². The Morgan fingerprint density at radius 2 is 1.83 bits per heavy atom. The Balaban J connectivity index is 0.00000144. The van der Waals surface area contributed by atoms with Gasteiger partial charge in [0.2, 0.25) is 5.91 Å². The first kappa shape index (κ1) is 21.0. The van der Waals surface area contributed by atoms with Crippen molar-refractivity contribution in [3.8, 4) is 0 Å². The fourth-order valence-electron chi connectivity index (χ4n) is 3.18. The lowest BCUT2D eigenvalue weighted by molar-refractivity contribution is -0.135. The van der Waals surface area contributed by atoms with Gasteiger partial charge < -0.3 is 20.3 Å². The molecule has 0 saturated carbocycles. The Morgan fingerprint density at radius 3 is 2.42 bits per heavy atom. The van der Waals surface area contributed by atoms with E-state index in [0.29, 0.717) is 13.1 Å². The molecule has 3 heterocycles. The molecule has 1 amide bonds. The number of hydrogen-bond acceptors (Lipinski definition) is 5. The number of halogens is 2. The third kappa shape index (κ3) is 4.96. The average molecular weight is 377 g/mol. The van der Waals surface area contributed by atoms with Crippen molar-refractivity contribution in [2.45, 2.75) is 18.9 Å². The van der Waals surface area contributed by atoms with Crippen LogP contribution >= 0.6 is 24.8 Å². The molecule has 2 N–H and O–H groups in total. The van der Waals surface area contributed by atoms with Crippen LogP contribution in [-0.4, -0.2) is 61.2 Å². The zero-order chi connectivity index (χ0) is 15.4. The van der Waals surface area contributed by atoms with Crippen molar-refractivity contribution in [3.63, 3.8) is 0 Å². The quantitative estimate of drug-likeness (QED) is 0.861. The minimum Gasteiger partial charge on any atom is -0.381 e. The van der Waals surface area contributed by atoms with Crippen molar-refractivity contribution < 1.29 is 9.53 Å². The minimum absolute atomic E-state index is 0. The van der Waals surface area contributed by atoms with E-state index >= 15 is 0 Å². The van der Waals surface area contributed by atoms with E-state index in [4.69, 9.17) is 10.5 Å². The van der Waals surface area contributed by atoms with Crippen LogP contribution in [0.4, 0.5) is 5.82 Å². The summed E-state index contributed by atoms with van der Waals surface area (Å²) in [5.74, 6) is 1.32. The van der Waals surface area contributed by atoms with Gasteiger partial charge in [-0.05, 0) is 30.9 Å². The number of piperazine rings is 1. The molecular formula is C16H26Cl2N4O2. The maximum absolute atomic E-state index is 12.6. The number of anilines is 1. The second-order valence-electron chi connectivity index (χ2n) is 5.98. The molecule has 0 spiro atoms. The molecule has 0 bridgehead atoms. The van der Waals surface area contributed by atoms with E-state index in [0.717, 1.165) is 45.0 Å². The van der Waals surface area contributed by atoms with E-state index < -0.39 is 0 Å². The highest BCUT2D eigenvalue weighted by atomic mass is 35.5. The lowest BCUT2D eigenvalue weighted by Gasteiger charge is -2.38. The molecule has 2 aliphatic rings. The Labute approximate surface area is 155 Å². The van der Waals surface area contributed by atoms with Gasteiger partial charge in [0.1, 0.15) is 5.82 Å². The van der Waals surface area contributed by atoms with Gasteiger partial charge in [-0.15, -0.1) is 24.8 Å². The van der Waals surface area contributed by atoms with Crippen LogP contribution in [0.25, 0.3) is 0 Å². The normalized spacial score (nSPS) is 19.9. The Morgan fingerprint density at radius 1 is 1.17 bits per heavy atom. The van der Waals surface area contributed by atoms with Gasteiger partial charge in [0.05, 0.1) is 6.04 Å². The van der Waals surface area contributed by atoms with Crippen molar-refractivity contribution in [2.24, 2.45) is 11.7 Å². The molecule has 0 aliphatic carbocycles. The predicted molar refractivity (Wildman–Crippen MR) is 99.0 cm³/mol. The van der Waals surface area contributed by atoms with E-state index in [1.54, 1.807) is 6.20 Å². The monoisotopic (exact) mass is 376 g/mol. The molecule has 0 aromatic carbocycles. The third-order valence-electron chi connectivity index (χ3n) is 4.62. The zero-order valence-corrected chi connectivity index (χ0v) is 15.3. The van der Waals surface area contributed by atoms with Crippen molar-refractivity contribution in [2.75, 3.05) is 44.3 Å². The highest BCUT2D eigenvalue weighted by Gasteiger charge is 2.31. The summed E-state index contributed by atoms with van der Waals surface area (Å²) in [5, 5.41) is 0. The minimum atomic E-state index is -0.384. The van der Waals surface area contributed by atoms with Gasteiger partial charge in [0, 0.05) is 45.6 Å². The molecular weight excluding hydrogens is 351 g/mol. The second-order valence-corrected chi connectivity index (χ2v) is 5.98. The molecule has 6 nitrogen and oxygen atoms in total. The first-order valence-corrected chi connectivity index (χ1v) is 8.04. The number of nitrogens with zero attached hydrogens (tertiary/aromatic N) is 3. The van der Waals surface area contributed by atoms with Crippen molar-refractivity contribution in [1.29, 1.82) is 0 Å². The summed E-state index contributed by atoms with van der Waals surface area (Å²) in [6.07, 6.45) is 3.58. The molecule has 1 aromatic heterocycles. The molecule has 1 aromatic rings. The van der Waals surface area contributed by atoms with E-state index in [2.05, 4.69) is 9.88 Å². The Kier molecular flexibility index (Phi) is 8.76. The summed E-state index contributed by atoms with van der Waals surface area (Å²) in [4.78, 5) is 21.0. The summed E-state index contributed by atoms with van der Waals surface area (Å²) in [6.45, 7) is 4.49. The van der Waals surface area contributed by atoms with Gasteiger partial charge >= 0.3 is 0 Å². The van der Waals surface area contributed by atoms with Gasteiger partial charge in [0.15, 0.2) is 0 Å². The molecule has 2 saturated heterocycles. The highest BCUT2D eigenvalue weighted by molar-refractivity contribution is 5.85. The van der Waals surface area contributed by atoms with Crippen molar-refractivity contribution in [1.82, 2.24) is 9.88 Å². The van der Waals surface area contributed by atoms with E-state index in [9.17, 15) is 4.79 Å². The Hall–Kier alpha value is -1.08. The van der Waals surface area contributed by atoms with E-state index in [1.807, 2.05) is 23.1 Å². The number of ether oxygens (including phenoxy) is 1. The van der Waals surface area contributed by atoms with Gasteiger partial charge in [-0.1, -0.05) is 6.07 Å². The maximum atomic E-state index is 12.6. The van der Waals surface area contributed by atoms with Gasteiger partial charge in [-0.25, -0.2) is 4.98 Å². The molecule has 24 heavy (non-hydrogen) atoms. The smallest absolute Gasteiger partial charge is 0.239 e. The number of carbonyl (C=O) groups is 1. The van der Waals surface area contributed by atoms with Crippen LogP contribution in [0.2, 0.25) is 0 Å². The van der Waals surface area contributed by atoms with Crippen LogP contribution in [0, 0.1) is 5.92 Å². The number of hydrogen-bond donors (Lipinski definition) is 1. The molecule has 1 unspecified atom stereocenters. The number of amides is 1. The first-order valence-electron chi connectivity index (χ1n) is 8.04. The molecule has 2 aliphatic heterocycles. The molecule has 3 rings (SSSR count). The molecule has 8 heteroatoms. The fraction of sp³-hybridized carbons (Fsp3) is 0.625. The van der Waals surface area contributed by atoms with Crippen LogP contribution in [0.5, 0.6) is 0 Å². The van der Waals surface area contributed by atoms with Gasteiger partial charge in [0.25, 0.3) is 0 Å². The number of nitrogens with two attached hydrogens (primary N) is 1. The average Bonchev–Trinajstić information content (AvgIpc) is 2.62. The van der Waals surface area contributed by atoms with Crippen molar-refractivity contribution in [3.05, 3.63) is 24.4 Å². The summed E-state index contributed by atoms with van der Waals surface area (Å²) < 4.78 is 5.34. The number of pyridine rings is 1. The number of rotatable bonds is 3. The van der Waals surface area contributed by atoms with Gasteiger partial charge in [-0.2, -0.15) is 0 Å². The van der Waals surface area contributed by atoms with Crippen LogP contribution in [-0.2, 0) is 9.53 Å². The topological polar surface area (TPSA) is 71.7 Å². The standard InChI is InChI=1S/C16H24N4O2.2ClH/c17-15(13-4-11-22-12-5-13)16(21)20-9-7-19(8-10-20)14-3-1-2-6-18-14;;/h1-3,6,13,15H,4-5,7-12,17H2;2*1H. The summed E-state index contributed by atoms with van der Waals surface area (Å²) in [6, 6.07) is 5.52. The molecule has 0 radical (unpaired) electrons. The third-order valence-corrected chi connectivity index (χ3v) is 4.62. The molecule has 136 valence electrons. The SMILES string of the molecule is Cl.Cl.NC(C(=O)N1CCN(c2ccccn2)CC1)C1CCOCC1. The van der Waals surface area contributed by atoms with Gasteiger partial charge in [-0.3, -0.25) is 4.79 Å². The number of aromatic nitrogens is 1. The Bertz CT molecular complexity index is 492.